The number of aromatic nitrogens is 3. The molecule has 2 aromatic carbocycles. The van der Waals surface area contributed by atoms with Crippen LogP contribution in [0.2, 0.25) is 0 Å². The minimum atomic E-state index is -4.59. The van der Waals surface area contributed by atoms with E-state index in [1.807, 2.05) is 23.7 Å². The average Bonchev–Trinajstić information content (AvgIpc) is 3.52. The van der Waals surface area contributed by atoms with Gasteiger partial charge in [0.05, 0.1) is 23.6 Å². The highest BCUT2D eigenvalue weighted by Gasteiger charge is 2.41. The number of sulfone groups is 1. The molecule has 1 saturated carbocycles. The number of halogens is 3. The summed E-state index contributed by atoms with van der Waals surface area (Å²) in [6, 6.07) is 10.1. The zero-order chi connectivity index (χ0) is 30.6. The lowest BCUT2D eigenvalue weighted by atomic mass is 9.78. The van der Waals surface area contributed by atoms with E-state index in [0.29, 0.717) is 36.3 Å². The highest BCUT2D eigenvalue weighted by molar-refractivity contribution is 7.91. The predicted molar refractivity (Wildman–Crippen MR) is 156 cm³/mol. The number of amides is 1. The van der Waals surface area contributed by atoms with Crippen molar-refractivity contribution >= 4 is 21.4 Å². The lowest BCUT2D eigenvalue weighted by Gasteiger charge is -2.39. The van der Waals surface area contributed by atoms with Gasteiger partial charge in [0.15, 0.2) is 0 Å². The molecule has 1 aromatic heterocycles. The van der Waals surface area contributed by atoms with Crippen molar-refractivity contribution in [1.29, 1.82) is 0 Å². The Labute approximate surface area is 249 Å². The Kier molecular flexibility index (Phi) is 7.65. The predicted octanol–water partition coefficient (Wildman–Crippen LogP) is 5.37. The number of aryl methyl sites for hydroxylation is 1. The number of rotatable bonds is 8. The number of fused-ring (bicyclic) bond motifs is 1. The topological polar surface area (TPSA) is 97.2 Å². The van der Waals surface area contributed by atoms with Crippen molar-refractivity contribution in [2.75, 3.05) is 16.4 Å². The molecule has 0 unspecified atom stereocenters. The lowest BCUT2D eigenvalue weighted by molar-refractivity contribution is -0.138. The summed E-state index contributed by atoms with van der Waals surface area (Å²) in [6.45, 7) is 2.16. The molecule has 0 spiro atoms. The maximum absolute atomic E-state index is 14.3. The molecular formula is C31H36F3N5O3S. The number of carbonyl (C=O) groups is 1. The van der Waals surface area contributed by atoms with Crippen molar-refractivity contribution in [3.8, 4) is 0 Å². The van der Waals surface area contributed by atoms with Gasteiger partial charge in [0.1, 0.15) is 22.0 Å². The van der Waals surface area contributed by atoms with Crippen LogP contribution in [0, 0.1) is 5.92 Å². The molecule has 1 atom stereocenters. The molecule has 230 valence electrons. The van der Waals surface area contributed by atoms with Crippen LogP contribution in [-0.4, -0.2) is 46.1 Å². The summed E-state index contributed by atoms with van der Waals surface area (Å²) >= 11 is 0. The second kappa shape index (κ2) is 11.0. The third-order valence-electron chi connectivity index (χ3n) is 9.47. The number of nitrogens with one attached hydrogen (secondary N) is 1. The Bertz CT molecular complexity index is 1630. The number of anilines is 1. The minimum absolute atomic E-state index is 0.00484. The van der Waals surface area contributed by atoms with Gasteiger partial charge in [-0.15, -0.1) is 10.2 Å². The largest absolute Gasteiger partial charge is 0.416 e. The van der Waals surface area contributed by atoms with Gasteiger partial charge in [-0.3, -0.25) is 4.79 Å². The van der Waals surface area contributed by atoms with Crippen molar-refractivity contribution in [2.45, 2.75) is 76.2 Å². The van der Waals surface area contributed by atoms with Gasteiger partial charge in [-0.2, -0.15) is 13.2 Å². The van der Waals surface area contributed by atoms with E-state index in [0.717, 1.165) is 24.8 Å². The summed E-state index contributed by atoms with van der Waals surface area (Å²) in [5, 5.41) is 11.8. The SMILES string of the molecule is Cn1cnnc1[C@@H](CC1CCS(=O)(=O)CC1)c1cccc(N2Cc3c(cc(CNC4(C)CCC4)cc3C(F)(F)F)C2=O)c1. The zero-order valence-electron chi connectivity index (χ0n) is 24.3. The van der Waals surface area contributed by atoms with Crippen LogP contribution in [0.1, 0.15) is 89.8 Å². The molecular weight excluding hydrogens is 579 g/mol. The van der Waals surface area contributed by atoms with Crippen LogP contribution in [0.5, 0.6) is 0 Å². The van der Waals surface area contributed by atoms with Gasteiger partial charge in [0, 0.05) is 36.3 Å². The molecule has 6 rings (SSSR count). The van der Waals surface area contributed by atoms with E-state index in [-0.39, 0.29) is 53.1 Å². The smallest absolute Gasteiger partial charge is 0.320 e. The number of benzene rings is 2. The van der Waals surface area contributed by atoms with Gasteiger partial charge in [0.2, 0.25) is 0 Å². The number of hydrogen-bond acceptors (Lipinski definition) is 6. The first-order chi connectivity index (χ1) is 20.3. The van der Waals surface area contributed by atoms with Crippen LogP contribution in [-0.2, 0) is 36.2 Å². The van der Waals surface area contributed by atoms with Gasteiger partial charge < -0.3 is 14.8 Å². The van der Waals surface area contributed by atoms with E-state index in [2.05, 4.69) is 22.4 Å². The summed E-state index contributed by atoms with van der Waals surface area (Å²) in [4.78, 5) is 15.1. The molecule has 43 heavy (non-hydrogen) atoms. The first kappa shape index (κ1) is 29.8. The quantitative estimate of drug-likeness (QED) is 0.366. The minimum Gasteiger partial charge on any atom is -0.320 e. The molecule has 2 aliphatic heterocycles. The van der Waals surface area contributed by atoms with Crippen LogP contribution in [0.15, 0.2) is 42.7 Å². The fourth-order valence-electron chi connectivity index (χ4n) is 6.65. The highest BCUT2D eigenvalue weighted by Crippen LogP contribution is 2.41. The number of alkyl halides is 3. The molecule has 2 fully saturated rings. The fraction of sp³-hybridized carbons (Fsp3) is 0.516. The summed E-state index contributed by atoms with van der Waals surface area (Å²) in [7, 11) is -1.17. The van der Waals surface area contributed by atoms with Gasteiger partial charge in [-0.05, 0) is 92.3 Å². The summed E-state index contributed by atoms with van der Waals surface area (Å²) < 4.78 is 68.6. The van der Waals surface area contributed by atoms with E-state index < -0.39 is 27.5 Å². The molecule has 0 radical (unpaired) electrons. The van der Waals surface area contributed by atoms with Crippen molar-refractivity contribution in [3.63, 3.8) is 0 Å². The maximum Gasteiger partial charge on any atom is 0.416 e. The Morgan fingerprint density at radius 1 is 1.14 bits per heavy atom. The van der Waals surface area contributed by atoms with Gasteiger partial charge in [-0.25, -0.2) is 8.42 Å². The molecule has 3 aliphatic rings. The molecule has 1 N–H and O–H groups in total. The Balaban J connectivity index is 1.30. The van der Waals surface area contributed by atoms with E-state index in [1.54, 1.807) is 24.5 Å². The Hall–Kier alpha value is -3.25. The van der Waals surface area contributed by atoms with E-state index in [9.17, 15) is 26.4 Å². The summed E-state index contributed by atoms with van der Waals surface area (Å²) in [6.07, 6.45) is 1.82. The first-order valence-electron chi connectivity index (χ1n) is 14.8. The normalized spacial score (nSPS) is 20.6. The molecule has 12 heteroatoms. The van der Waals surface area contributed by atoms with Crippen molar-refractivity contribution in [1.82, 2.24) is 20.1 Å². The van der Waals surface area contributed by atoms with Crippen LogP contribution >= 0.6 is 0 Å². The summed E-state index contributed by atoms with van der Waals surface area (Å²) in [5.74, 6) is 0.495. The Morgan fingerprint density at radius 2 is 1.88 bits per heavy atom. The fourth-order valence-corrected chi connectivity index (χ4v) is 8.24. The van der Waals surface area contributed by atoms with Crippen LogP contribution in [0.25, 0.3) is 0 Å². The van der Waals surface area contributed by atoms with Gasteiger partial charge >= 0.3 is 6.18 Å². The summed E-state index contributed by atoms with van der Waals surface area (Å²) in [5.41, 5.74) is 1.03. The van der Waals surface area contributed by atoms with Crippen molar-refractivity contribution in [2.24, 2.45) is 13.0 Å². The molecule has 3 aromatic rings. The van der Waals surface area contributed by atoms with Crippen LogP contribution in [0.4, 0.5) is 18.9 Å². The lowest BCUT2D eigenvalue weighted by Crippen LogP contribution is -2.47. The standard InChI is InChI=1S/C31H36F3N5O3S/c1-30(9-4-10-30)35-17-21-14-25-26(27(15-21)31(32,33)34)18-39(29(25)40)23-6-3-5-22(16-23)24(28-37-36-19-38(28)2)13-20-7-11-43(41,42)12-8-20/h3,5-6,14-16,19-20,24,35H,4,7-13,17-18H2,1-2H3/t24-/m0/s1. The average molecular weight is 616 g/mol. The molecule has 3 heterocycles. The van der Waals surface area contributed by atoms with Crippen LogP contribution in [0.3, 0.4) is 0 Å². The third-order valence-corrected chi connectivity index (χ3v) is 11.2. The van der Waals surface area contributed by atoms with Crippen LogP contribution < -0.4 is 10.2 Å². The number of nitrogens with zero attached hydrogens (tertiary/aromatic N) is 4. The molecule has 8 nitrogen and oxygen atoms in total. The zero-order valence-corrected chi connectivity index (χ0v) is 25.1. The second-order valence-electron chi connectivity index (χ2n) is 12.6. The molecule has 1 amide bonds. The maximum atomic E-state index is 14.3. The van der Waals surface area contributed by atoms with Crippen molar-refractivity contribution < 1.29 is 26.4 Å². The monoisotopic (exact) mass is 615 g/mol. The first-order valence-corrected chi connectivity index (χ1v) is 16.6. The number of hydrogen-bond donors (Lipinski definition) is 1. The highest BCUT2D eigenvalue weighted by atomic mass is 32.2. The third kappa shape index (κ3) is 6.08. The van der Waals surface area contributed by atoms with Gasteiger partial charge in [-0.1, -0.05) is 12.1 Å². The van der Waals surface area contributed by atoms with E-state index in [1.165, 1.54) is 11.0 Å². The van der Waals surface area contributed by atoms with E-state index >= 15 is 0 Å². The molecule has 0 bridgehead atoms. The molecule has 1 saturated heterocycles. The number of carbonyl (C=O) groups excluding carboxylic acids is 1. The molecule has 1 aliphatic carbocycles. The van der Waals surface area contributed by atoms with E-state index in [4.69, 9.17) is 0 Å². The van der Waals surface area contributed by atoms with Crippen molar-refractivity contribution in [3.05, 3.63) is 76.4 Å². The van der Waals surface area contributed by atoms with Gasteiger partial charge in [0.25, 0.3) is 5.91 Å². The second-order valence-corrected chi connectivity index (χ2v) is 14.9. The Morgan fingerprint density at radius 3 is 2.51 bits per heavy atom.